The fourth-order valence-corrected chi connectivity index (χ4v) is 3.08. The van der Waals surface area contributed by atoms with Gasteiger partial charge >= 0.3 is 0 Å². The molecule has 0 amide bonds. The molecule has 1 heterocycles. The van der Waals surface area contributed by atoms with Crippen LogP contribution in [0.4, 0.5) is 0 Å². The van der Waals surface area contributed by atoms with Crippen LogP contribution in [-0.4, -0.2) is 75.2 Å². The predicted molar refractivity (Wildman–Crippen MR) is 104 cm³/mol. The van der Waals surface area contributed by atoms with Gasteiger partial charge in [0.1, 0.15) is 5.75 Å². The van der Waals surface area contributed by atoms with Crippen molar-refractivity contribution in [2.45, 2.75) is 26.4 Å². The number of nitrogens with zero attached hydrogens (tertiary/aromatic N) is 3. The van der Waals surface area contributed by atoms with Crippen molar-refractivity contribution in [1.29, 1.82) is 0 Å². The van der Waals surface area contributed by atoms with Crippen LogP contribution in [0.2, 0.25) is 0 Å². The summed E-state index contributed by atoms with van der Waals surface area (Å²) in [7, 11) is 3.50. The lowest BCUT2D eigenvalue weighted by Gasteiger charge is -2.37. The number of guanidine groups is 1. The monoisotopic (exact) mass is 347 g/mol. The summed E-state index contributed by atoms with van der Waals surface area (Å²) in [4.78, 5) is 9.38. The average molecular weight is 348 g/mol. The smallest absolute Gasteiger partial charge is 0.191 e. The van der Waals surface area contributed by atoms with E-state index in [0.717, 1.165) is 44.4 Å². The molecule has 2 N–H and O–H groups in total. The average Bonchev–Trinajstić information content (AvgIpc) is 2.68. The van der Waals surface area contributed by atoms with Gasteiger partial charge in [0, 0.05) is 52.4 Å². The molecule has 2 rings (SSSR count). The van der Waals surface area contributed by atoms with Crippen molar-refractivity contribution in [2.75, 3.05) is 53.4 Å². The van der Waals surface area contributed by atoms with Gasteiger partial charge in [-0.2, -0.15) is 0 Å². The first-order chi connectivity index (χ1) is 12.2. The van der Waals surface area contributed by atoms with E-state index in [0.29, 0.717) is 6.04 Å². The summed E-state index contributed by atoms with van der Waals surface area (Å²) in [6, 6.07) is 8.57. The van der Waals surface area contributed by atoms with Gasteiger partial charge in [0.15, 0.2) is 5.96 Å². The first-order valence-corrected chi connectivity index (χ1v) is 9.20. The molecule has 0 aromatic heterocycles. The maximum atomic E-state index is 5.27. The highest BCUT2D eigenvalue weighted by atomic mass is 16.5. The second-order valence-corrected chi connectivity index (χ2v) is 6.48. The number of aliphatic imine (C=N–C) groups is 1. The molecule has 6 heteroatoms. The van der Waals surface area contributed by atoms with E-state index in [2.05, 4.69) is 45.3 Å². The molecule has 1 aromatic carbocycles. The number of piperazine rings is 1. The zero-order valence-electron chi connectivity index (χ0n) is 16.1. The Hall–Kier alpha value is -1.79. The summed E-state index contributed by atoms with van der Waals surface area (Å²) in [5.41, 5.74) is 1.17. The summed E-state index contributed by atoms with van der Waals surface area (Å²) < 4.78 is 5.27. The number of nitrogens with one attached hydrogen (secondary N) is 2. The van der Waals surface area contributed by atoms with E-state index in [1.54, 1.807) is 7.11 Å². The van der Waals surface area contributed by atoms with Crippen molar-refractivity contribution in [3.63, 3.8) is 0 Å². The lowest BCUT2D eigenvalue weighted by atomic mass is 10.2. The minimum atomic E-state index is 0.495. The van der Waals surface area contributed by atoms with E-state index >= 15 is 0 Å². The van der Waals surface area contributed by atoms with Crippen molar-refractivity contribution < 1.29 is 4.74 Å². The Morgan fingerprint density at radius 2 is 2.00 bits per heavy atom. The summed E-state index contributed by atoms with van der Waals surface area (Å²) in [6.07, 6.45) is 0. The third-order valence-corrected chi connectivity index (χ3v) is 4.86. The summed E-state index contributed by atoms with van der Waals surface area (Å²) >= 11 is 0. The first-order valence-electron chi connectivity index (χ1n) is 9.20. The van der Waals surface area contributed by atoms with Crippen LogP contribution >= 0.6 is 0 Å². The Balaban J connectivity index is 1.74. The maximum absolute atomic E-state index is 5.27. The highest BCUT2D eigenvalue weighted by Gasteiger charge is 2.20. The number of likely N-dealkylation sites (N-methyl/N-ethyl adjacent to an activating group) is 1. The Morgan fingerprint density at radius 3 is 2.64 bits per heavy atom. The van der Waals surface area contributed by atoms with Gasteiger partial charge in [-0.15, -0.1) is 0 Å². The first kappa shape index (κ1) is 19.5. The molecule has 6 nitrogen and oxygen atoms in total. The third-order valence-electron chi connectivity index (χ3n) is 4.86. The number of hydrogen-bond acceptors (Lipinski definition) is 4. The number of ether oxygens (including phenoxy) is 1. The molecular formula is C19H33N5O. The number of methoxy groups -OCH3 is 1. The molecular weight excluding hydrogens is 314 g/mol. The highest BCUT2D eigenvalue weighted by Crippen LogP contribution is 2.12. The Kier molecular flexibility index (Phi) is 8.01. The van der Waals surface area contributed by atoms with E-state index in [4.69, 9.17) is 4.74 Å². The van der Waals surface area contributed by atoms with E-state index in [-0.39, 0.29) is 0 Å². The second kappa shape index (κ2) is 10.3. The molecule has 140 valence electrons. The molecule has 0 radical (unpaired) electrons. The molecule has 25 heavy (non-hydrogen) atoms. The quantitative estimate of drug-likeness (QED) is 0.577. The summed E-state index contributed by atoms with van der Waals surface area (Å²) in [5.74, 6) is 1.71. The molecule has 1 aromatic rings. The molecule has 1 saturated heterocycles. The van der Waals surface area contributed by atoms with Gasteiger partial charge in [0.25, 0.3) is 0 Å². The van der Waals surface area contributed by atoms with Crippen LogP contribution in [0.15, 0.2) is 29.3 Å². The zero-order valence-corrected chi connectivity index (χ0v) is 16.1. The molecule has 1 atom stereocenters. The molecule has 0 aliphatic carbocycles. The minimum Gasteiger partial charge on any atom is -0.497 e. The topological polar surface area (TPSA) is 52.1 Å². The van der Waals surface area contributed by atoms with Crippen molar-refractivity contribution in [3.05, 3.63) is 29.8 Å². The van der Waals surface area contributed by atoms with E-state index < -0.39 is 0 Å². The number of benzene rings is 1. The number of hydrogen-bond donors (Lipinski definition) is 2. The molecule has 0 spiro atoms. The van der Waals surface area contributed by atoms with E-state index in [1.807, 2.05) is 25.2 Å². The summed E-state index contributed by atoms with van der Waals surface area (Å²) in [5, 5.41) is 6.81. The molecule has 1 aliphatic heterocycles. The molecule has 1 unspecified atom stereocenters. The fraction of sp³-hybridized carbons (Fsp3) is 0.632. The maximum Gasteiger partial charge on any atom is 0.191 e. The second-order valence-electron chi connectivity index (χ2n) is 6.48. The highest BCUT2D eigenvalue weighted by molar-refractivity contribution is 5.79. The van der Waals surface area contributed by atoms with Gasteiger partial charge in [0.2, 0.25) is 0 Å². The lowest BCUT2D eigenvalue weighted by Crippen LogP contribution is -2.53. The van der Waals surface area contributed by atoms with Crippen LogP contribution < -0.4 is 15.4 Å². The van der Waals surface area contributed by atoms with Gasteiger partial charge in [-0.1, -0.05) is 19.1 Å². The SMILES string of the molecule is CCN1CCN(C(C)CNC(=NC)NCc2cccc(OC)c2)CC1. The predicted octanol–water partition coefficient (Wildman–Crippen LogP) is 1.39. The molecule has 0 bridgehead atoms. The zero-order chi connectivity index (χ0) is 18.1. The fourth-order valence-electron chi connectivity index (χ4n) is 3.08. The van der Waals surface area contributed by atoms with E-state index in [1.165, 1.54) is 18.7 Å². The largest absolute Gasteiger partial charge is 0.497 e. The van der Waals surface area contributed by atoms with Crippen molar-refractivity contribution >= 4 is 5.96 Å². The van der Waals surface area contributed by atoms with Crippen LogP contribution in [0.5, 0.6) is 5.75 Å². The van der Waals surface area contributed by atoms with Gasteiger partial charge in [-0.05, 0) is 31.2 Å². The van der Waals surface area contributed by atoms with Crippen molar-refractivity contribution in [1.82, 2.24) is 20.4 Å². The van der Waals surface area contributed by atoms with Crippen LogP contribution in [0.1, 0.15) is 19.4 Å². The van der Waals surface area contributed by atoms with Crippen LogP contribution in [0.25, 0.3) is 0 Å². The Morgan fingerprint density at radius 1 is 1.24 bits per heavy atom. The van der Waals surface area contributed by atoms with Crippen LogP contribution in [0, 0.1) is 0 Å². The van der Waals surface area contributed by atoms with Gasteiger partial charge in [0.05, 0.1) is 7.11 Å². The van der Waals surface area contributed by atoms with Crippen LogP contribution in [-0.2, 0) is 6.54 Å². The van der Waals surface area contributed by atoms with Gasteiger partial charge < -0.3 is 20.3 Å². The van der Waals surface area contributed by atoms with Crippen molar-refractivity contribution in [3.8, 4) is 5.75 Å². The Bertz CT molecular complexity index is 540. The molecule has 1 fully saturated rings. The molecule has 0 saturated carbocycles. The van der Waals surface area contributed by atoms with Gasteiger partial charge in [-0.3, -0.25) is 9.89 Å². The summed E-state index contributed by atoms with van der Waals surface area (Å²) in [6.45, 7) is 11.9. The van der Waals surface area contributed by atoms with Gasteiger partial charge in [-0.25, -0.2) is 0 Å². The normalized spacial score (nSPS) is 18.0. The number of rotatable bonds is 7. The third kappa shape index (κ3) is 6.21. The lowest BCUT2D eigenvalue weighted by molar-refractivity contribution is 0.107. The van der Waals surface area contributed by atoms with Crippen LogP contribution in [0.3, 0.4) is 0 Å². The standard InChI is InChI=1S/C19H33N5O/c1-5-23-9-11-24(12-10-23)16(2)14-21-19(20-3)22-15-17-7-6-8-18(13-17)25-4/h6-8,13,16H,5,9-12,14-15H2,1-4H3,(H2,20,21,22). The molecule has 1 aliphatic rings. The van der Waals surface area contributed by atoms with Crippen molar-refractivity contribution in [2.24, 2.45) is 4.99 Å². The Labute approximate surface area is 152 Å². The van der Waals surface area contributed by atoms with E-state index in [9.17, 15) is 0 Å². The minimum absolute atomic E-state index is 0.495.